The number of carbonyl (C=O) groups excluding carboxylic acids is 4. The number of piperazine rings is 1. The van der Waals surface area contributed by atoms with Gasteiger partial charge in [0.05, 0.1) is 40.2 Å². The Morgan fingerprint density at radius 3 is 2.33 bits per heavy atom. The van der Waals surface area contributed by atoms with Crippen LogP contribution in [0, 0.1) is 17.6 Å². The smallest absolute Gasteiger partial charge is 0.433 e. The minimum absolute atomic E-state index is 0.00184. The summed E-state index contributed by atoms with van der Waals surface area (Å²) >= 11 is 0. The number of carbonyl (C=O) groups is 4. The van der Waals surface area contributed by atoms with Crippen LogP contribution in [0.4, 0.5) is 33.3 Å². The zero-order valence-electron chi connectivity index (χ0n) is 34.0. The standard InChI is InChI=1S/C40H41F5N8O5/c1-58-33-18-31-22(15-32(33)47-38(56)30-3-2-4-34(46-30)40(43,44)45)21-53(49-31)25-7-5-24(6-8-25)50-11-13-51(14-12-50)39(57)23-19-52(20-23)26-16-28(41)36(29(42)17-26)27-9-10-35(54)48-37(27)55/h2-4,15-18,21,23-25,27H,5-14,19-20H2,1H3,(H,47,56)(H,48,54,55)/t24?,25?,27-/m1/s1/i1D3. The molecule has 8 rings (SSSR count). The fraction of sp³-hybridized carbons (Fsp3) is 0.450. The third-order valence-corrected chi connectivity index (χ3v) is 11.7. The number of nitrogens with one attached hydrogen (secondary N) is 2. The predicted molar refractivity (Wildman–Crippen MR) is 200 cm³/mol. The van der Waals surface area contributed by atoms with Crippen LogP contribution in [-0.4, -0.2) is 101 Å². The zero-order chi connectivity index (χ0) is 43.4. The molecule has 4 aromatic rings. The van der Waals surface area contributed by atoms with Crippen LogP contribution in [0.2, 0.25) is 0 Å². The first-order valence-corrected chi connectivity index (χ1v) is 19.1. The highest BCUT2D eigenvalue weighted by Gasteiger charge is 2.39. The average Bonchev–Trinajstić information content (AvgIpc) is 3.60. The number of rotatable bonds is 8. The fourth-order valence-corrected chi connectivity index (χ4v) is 8.50. The van der Waals surface area contributed by atoms with Crippen molar-refractivity contribution in [1.82, 2.24) is 29.9 Å². The first kappa shape index (κ1) is 35.5. The van der Waals surface area contributed by atoms with Crippen molar-refractivity contribution < 1.29 is 50.0 Å². The second-order valence-electron chi connectivity index (χ2n) is 15.2. The van der Waals surface area contributed by atoms with Gasteiger partial charge in [0.15, 0.2) is 0 Å². The molecule has 306 valence electrons. The number of halogens is 5. The van der Waals surface area contributed by atoms with Gasteiger partial charge in [0.25, 0.3) is 5.91 Å². The number of anilines is 2. The number of methoxy groups -OCH3 is 1. The lowest BCUT2D eigenvalue weighted by Crippen LogP contribution is -2.59. The Hall–Kier alpha value is -5.65. The van der Waals surface area contributed by atoms with Gasteiger partial charge in [-0.05, 0) is 62.4 Å². The molecule has 3 aliphatic heterocycles. The van der Waals surface area contributed by atoms with Crippen molar-refractivity contribution in [1.29, 1.82) is 0 Å². The molecule has 2 aromatic carbocycles. The van der Waals surface area contributed by atoms with Crippen molar-refractivity contribution in [3.05, 3.63) is 77.2 Å². The number of aromatic nitrogens is 3. The van der Waals surface area contributed by atoms with Gasteiger partial charge in [-0.15, -0.1) is 0 Å². The van der Waals surface area contributed by atoms with E-state index in [1.54, 1.807) is 15.8 Å². The summed E-state index contributed by atoms with van der Waals surface area (Å²) in [6.45, 7) is 3.10. The number of pyridine rings is 1. The van der Waals surface area contributed by atoms with Gasteiger partial charge in [-0.3, -0.25) is 34.1 Å². The van der Waals surface area contributed by atoms with Gasteiger partial charge in [0.2, 0.25) is 17.7 Å². The number of fused-ring (bicyclic) bond motifs is 1. The fourth-order valence-electron chi connectivity index (χ4n) is 8.50. The molecule has 5 heterocycles. The normalized spacial score (nSPS) is 23.1. The summed E-state index contributed by atoms with van der Waals surface area (Å²) in [6.07, 6.45) is 0.319. The van der Waals surface area contributed by atoms with Gasteiger partial charge in [-0.2, -0.15) is 18.3 Å². The summed E-state index contributed by atoms with van der Waals surface area (Å²) in [7, 11) is -2.90. The van der Waals surface area contributed by atoms with Crippen LogP contribution >= 0.6 is 0 Å². The molecule has 4 amide bonds. The van der Waals surface area contributed by atoms with Crippen LogP contribution in [0.15, 0.2) is 48.7 Å². The second kappa shape index (κ2) is 15.6. The molecule has 3 saturated heterocycles. The number of hydrogen-bond acceptors (Lipinski definition) is 9. The van der Waals surface area contributed by atoms with Crippen molar-refractivity contribution in [2.24, 2.45) is 5.92 Å². The summed E-state index contributed by atoms with van der Waals surface area (Å²) in [4.78, 5) is 59.4. The van der Waals surface area contributed by atoms with Gasteiger partial charge in [0, 0.05) is 80.6 Å². The Morgan fingerprint density at radius 1 is 0.948 bits per heavy atom. The summed E-state index contributed by atoms with van der Waals surface area (Å²) < 4.78 is 99.6. The van der Waals surface area contributed by atoms with E-state index < -0.39 is 59.9 Å². The van der Waals surface area contributed by atoms with Gasteiger partial charge in [-0.25, -0.2) is 13.8 Å². The van der Waals surface area contributed by atoms with Crippen LogP contribution in [0.3, 0.4) is 0 Å². The largest absolute Gasteiger partial charge is 0.494 e. The van der Waals surface area contributed by atoms with Gasteiger partial charge >= 0.3 is 6.18 Å². The van der Waals surface area contributed by atoms with E-state index in [2.05, 4.69) is 25.6 Å². The highest BCUT2D eigenvalue weighted by atomic mass is 19.4. The molecular weight excluding hydrogens is 767 g/mol. The molecule has 58 heavy (non-hydrogen) atoms. The first-order chi connectivity index (χ1) is 28.9. The molecule has 1 atom stereocenters. The predicted octanol–water partition coefficient (Wildman–Crippen LogP) is 5.27. The number of amides is 4. The lowest BCUT2D eigenvalue weighted by atomic mass is 9.89. The molecular formula is C40H41F5N8O5. The highest BCUT2D eigenvalue weighted by molar-refractivity contribution is 6.05. The molecule has 0 spiro atoms. The van der Waals surface area contributed by atoms with Crippen molar-refractivity contribution >= 4 is 45.9 Å². The minimum Gasteiger partial charge on any atom is -0.494 e. The maximum Gasteiger partial charge on any atom is 0.433 e. The molecule has 0 radical (unpaired) electrons. The van der Waals surface area contributed by atoms with E-state index in [9.17, 15) is 32.3 Å². The van der Waals surface area contributed by atoms with Crippen LogP contribution in [0.5, 0.6) is 5.75 Å². The zero-order valence-corrected chi connectivity index (χ0v) is 31.0. The summed E-state index contributed by atoms with van der Waals surface area (Å²) in [5.74, 6) is -5.57. The average molecular weight is 812 g/mol. The number of nitrogens with zero attached hydrogens (tertiary/aromatic N) is 6. The number of piperidine rings is 1. The molecule has 4 fully saturated rings. The van der Waals surface area contributed by atoms with E-state index in [4.69, 9.17) is 8.85 Å². The van der Waals surface area contributed by atoms with E-state index in [-0.39, 0.29) is 59.4 Å². The molecule has 4 aliphatic rings. The molecule has 0 bridgehead atoms. The second-order valence-corrected chi connectivity index (χ2v) is 15.2. The number of imide groups is 1. The maximum atomic E-state index is 15.1. The Bertz CT molecular complexity index is 2350. The third kappa shape index (κ3) is 7.80. The van der Waals surface area contributed by atoms with E-state index in [0.29, 0.717) is 50.2 Å². The summed E-state index contributed by atoms with van der Waals surface area (Å²) in [5.41, 5.74) is -1.53. The summed E-state index contributed by atoms with van der Waals surface area (Å²) in [5, 5.41) is 9.80. The first-order valence-electron chi connectivity index (χ1n) is 20.6. The molecule has 18 heteroatoms. The molecule has 0 unspecified atom stereocenters. The highest BCUT2D eigenvalue weighted by Crippen LogP contribution is 2.37. The molecule has 2 aromatic heterocycles. The summed E-state index contributed by atoms with van der Waals surface area (Å²) in [6, 6.07) is 8.36. The molecule has 1 aliphatic carbocycles. The lowest BCUT2D eigenvalue weighted by molar-refractivity contribution is -0.141. The molecule has 2 N–H and O–H groups in total. The Kier molecular flexibility index (Phi) is 9.55. The van der Waals surface area contributed by atoms with Crippen molar-refractivity contribution in [2.45, 2.75) is 62.7 Å². The van der Waals surface area contributed by atoms with E-state index >= 15 is 8.78 Å². The van der Waals surface area contributed by atoms with Gasteiger partial charge in [-0.1, -0.05) is 6.07 Å². The van der Waals surface area contributed by atoms with Crippen LogP contribution in [-0.2, 0) is 20.6 Å². The van der Waals surface area contributed by atoms with Crippen molar-refractivity contribution in [3.8, 4) is 5.75 Å². The van der Waals surface area contributed by atoms with Gasteiger partial charge < -0.3 is 19.9 Å². The Labute approximate surface area is 333 Å². The number of alkyl halides is 3. The SMILES string of the molecule is [2H]C([2H])([2H])Oc1cc2nn(C3CCC(N4CCN(C(=O)C5CN(c6cc(F)c([C@H]7CCC(=O)NC7=O)c(F)c6)C5)CC4)CC3)cc2cc1NC(=O)c1cccc(C(F)(F)F)n1. The van der Waals surface area contributed by atoms with Crippen LogP contribution < -0.4 is 20.3 Å². The topological polar surface area (TPSA) is 142 Å². The minimum atomic E-state index is -4.77. The van der Waals surface area contributed by atoms with Crippen LogP contribution in [0.25, 0.3) is 10.9 Å². The maximum absolute atomic E-state index is 15.1. The quantitative estimate of drug-likeness (QED) is 0.180. The molecule has 13 nitrogen and oxygen atoms in total. The third-order valence-electron chi connectivity index (χ3n) is 11.7. The van der Waals surface area contributed by atoms with E-state index in [0.717, 1.165) is 43.9 Å². The van der Waals surface area contributed by atoms with E-state index in [1.807, 2.05) is 4.90 Å². The Morgan fingerprint density at radius 2 is 1.66 bits per heavy atom. The Balaban J connectivity index is 0.838. The lowest BCUT2D eigenvalue weighted by Gasteiger charge is -2.45. The number of hydrogen-bond donors (Lipinski definition) is 2. The number of ether oxygens (including phenoxy) is 1. The van der Waals surface area contributed by atoms with E-state index in [1.165, 1.54) is 24.3 Å². The number of benzene rings is 2. The monoisotopic (exact) mass is 811 g/mol. The van der Waals surface area contributed by atoms with Crippen LogP contribution in [0.1, 0.15) is 76.3 Å². The van der Waals surface area contributed by atoms with Crippen molar-refractivity contribution in [3.63, 3.8) is 0 Å². The van der Waals surface area contributed by atoms with Gasteiger partial charge in [0.1, 0.15) is 28.8 Å². The molecule has 1 saturated carbocycles. The van der Waals surface area contributed by atoms with Crippen molar-refractivity contribution in [2.75, 3.05) is 56.5 Å².